The summed E-state index contributed by atoms with van der Waals surface area (Å²) in [6, 6.07) is 16.2. The molecule has 0 amide bonds. The average Bonchev–Trinajstić information content (AvgIpc) is 2.71. The van der Waals surface area contributed by atoms with Crippen molar-refractivity contribution in [1.82, 2.24) is 10.6 Å². The Balaban J connectivity index is 0.00000392. The number of benzene rings is 2. The van der Waals surface area contributed by atoms with E-state index < -0.39 is 0 Å². The second kappa shape index (κ2) is 12.9. The molecule has 0 heterocycles. The van der Waals surface area contributed by atoms with Crippen LogP contribution in [0.1, 0.15) is 31.0 Å². The van der Waals surface area contributed by atoms with Gasteiger partial charge in [-0.05, 0) is 37.1 Å². The minimum atomic E-state index is 0. The topological polar surface area (TPSA) is 54.9 Å². The van der Waals surface area contributed by atoms with Gasteiger partial charge in [0, 0.05) is 6.54 Å². The molecule has 2 N–H and O–H groups in total. The monoisotopic (exact) mass is 493 g/mol. The van der Waals surface area contributed by atoms with Crippen LogP contribution in [-0.2, 0) is 6.54 Å². The van der Waals surface area contributed by atoms with Crippen molar-refractivity contribution in [3.8, 4) is 23.8 Å². The third-order valence-electron chi connectivity index (χ3n) is 3.96. The number of terminal acetylenes is 1. The van der Waals surface area contributed by atoms with Crippen molar-refractivity contribution < 1.29 is 9.47 Å². The van der Waals surface area contributed by atoms with E-state index in [0.717, 1.165) is 18.1 Å². The van der Waals surface area contributed by atoms with E-state index in [1.54, 1.807) is 7.11 Å². The van der Waals surface area contributed by atoms with Crippen molar-refractivity contribution in [3.05, 3.63) is 59.7 Å². The van der Waals surface area contributed by atoms with Gasteiger partial charge in [0.15, 0.2) is 17.5 Å². The zero-order valence-electron chi connectivity index (χ0n) is 16.6. The lowest BCUT2D eigenvalue weighted by atomic mass is 10.1. The summed E-state index contributed by atoms with van der Waals surface area (Å²) in [5.74, 6) is 4.50. The SMILES string of the molecule is C#CCOc1cc(CN=C(NCC)NC(C)c2ccccc2)ccc1OC.I. The standard InChI is InChI=1S/C22H27N3O2.HI/c1-5-14-27-21-15-18(12-13-20(21)26-4)16-24-22(23-6-2)25-17(3)19-10-8-7-9-11-19;/h1,7-13,15,17H,6,14,16H2,2-4H3,(H2,23,24,25);1H. The second-order valence-corrected chi connectivity index (χ2v) is 5.95. The van der Waals surface area contributed by atoms with Gasteiger partial charge in [0.25, 0.3) is 0 Å². The highest BCUT2D eigenvalue weighted by Gasteiger charge is 2.08. The molecule has 2 aromatic rings. The maximum atomic E-state index is 5.55. The molecular formula is C22H28IN3O2. The summed E-state index contributed by atoms with van der Waals surface area (Å²) < 4.78 is 10.9. The lowest BCUT2D eigenvalue weighted by Gasteiger charge is -2.18. The average molecular weight is 493 g/mol. The van der Waals surface area contributed by atoms with Crippen molar-refractivity contribution >= 4 is 29.9 Å². The maximum Gasteiger partial charge on any atom is 0.192 e. The van der Waals surface area contributed by atoms with Gasteiger partial charge < -0.3 is 20.1 Å². The molecule has 2 aromatic carbocycles. The highest BCUT2D eigenvalue weighted by molar-refractivity contribution is 14.0. The Hall–Kier alpha value is -2.40. The molecule has 0 aliphatic carbocycles. The van der Waals surface area contributed by atoms with E-state index in [2.05, 4.69) is 40.6 Å². The van der Waals surface area contributed by atoms with Gasteiger partial charge >= 0.3 is 0 Å². The third-order valence-corrected chi connectivity index (χ3v) is 3.96. The number of hydrogen-bond acceptors (Lipinski definition) is 3. The first-order valence-corrected chi connectivity index (χ1v) is 9.00. The molecule has 0 saturated carbocycles. The van der Waals surface area contributed by atoms with Crippen LogP contribution < -0.4 is 20.1 Å². The zero-order valence-corrected chi connectivity index (χ0v) is 18.9. The fourth-order valence-corrected chi connectivity index (χ4v) is 2.57. The summed E-state index contributed by atoms with van der Waals surface area (Å²) in [5.41, 5.74) is 2.21. The molecule has 0 saturated heterocycles. The fraction of sp³-hybridized carbons (Fsp3) is 0.318. The first kappa shape index (κ1) is 23.6. The van der Waals surface area contributed by atoms with Crippen molar-refractivity contribution in [2.75, 3.05) is 20.3 Å². The number of nitrogens with one attached hydrogen (secondary N) is 2. The Bertz CT molecular complexity index is 788. The van der Waals surface area contributed by atoms with Crippen molar-refractivity contribution in [3.63, 3.8) is 0 Å². The normalized spacial score (nSPS) is 11.6. The van der Waals surface area contributed by atoms with E-state index in [1.807, 2.05) is 43.3 Å². The van der Waals surface area contributed by atoms with Crippen LogP contribution in [0.5, 0.6) is 11.5 Å². The Morgan fingerprint density at radius 1 is 1.18 bits per heavy atom. The van der Waals surface area contributed by atoms with Crippen LogP contribution >= 0.6 is 24.0 Å². The predicted molar refractivity (Wildman–Crippen MR) is 126 cm³/mol. The molecule has 2 rings (SSSR count). The van der Waals surface area contributed by atoms with E-state index in [0.29, 0.717) is 18.0 Å². The van der Waals surface area contributed by atoms with Crippen LogP contribution in [0.3, 0.4) is 0 Å². The van der Waals surface area contributed by atoms with Gasteiger partial charge in [-0.2, -0.15) is 0 Å². The number of hydrogen-bond donors (Lipinski definition) is 2. The molecule has 1 unspecified atom stereocenters. The van der Waals surface area contributed by atoms with Gasteiger partial charge in [-0.15, -0.1) is 30.4 Å². The summed E-state index contributed by atoms with van der Waals surface area (Å²) in [5, 5.41) is 6.71. The molecule has 0 aliphatic heterocycles. The second-order valence-electron chi connectivity index (χ2n) is 5.95. The van der Waals surface area contributed by atoms with Crippen LogP contribution in [0.2, 0.25) is 0 Å². The lowest BCUT2D eigenvalue weighted by molar-refractivity contribution is 0.330. The van der Waals surface area contributed by atoms with E-state index in [1.165, 1.54) is 5.56 Å². The number of guanidine groups is 1. The molecule has 0 spiro atoms. The van der Waals surface area contributed by atoms with Crippen LogP contribution in [-0.4, -0.2) is 26.2 Å². The summed E-state index contributed by atoms with van der Waals surface area (Å²) in [4.78, 5) is 4.68. The van der Waals surface area contributed by atoms with Gasteiger partial charge in [0.2, 0.25) is 0 Å². The Morgan fingerprint density at radius 3 is 2.57 bits per heavy atom. The summed E-state index contributed by atoms with van der Waals surface area (Å²) in [7, 11) is 1.61. The molecule has 1 atom stereocenters. The van der Waals surface area contributed by atoms with Gasteiger partial charge in [-0.25, -0.2) is 4.99 Å². The number of ether oxygens (including phenoxy) is 2. The maximum absolute atomic E-state index is 5.55. The predicted octanol–water partition coefficient (Wildman–Crippen LogP) is 4.14. The van der Waals surface area contributed by atoms with E-state index >= 15 is 0 Å². The number of rotatable bonds is 8. The minimum Gasteiger partial charge on any atom is -0.493 e. The van der Waals surface area contributed by atoms with Crippen LogP contribution in [0.25, 0.3) is 0 Å². The summed E-state index contributed by atoms with van der Waals surface area (Å²) >= 11 is 0. The molecular weight excluding hydrogens is 465 g/mol. The van der Waals surface area contributed by atoms with Crippen LogP contribution in [0.15, 0.2) is 53.5 Å². The summed E-state index contributed by atoms with van der Waals surface area (Å²) in [6.07, 6.45) is 5.28. The van der Waals surface area contributed by atoms with Crippen molar-refractivity contribution in [1.29, 1.82) is 0 Å². The molecule has 0 aromatic heterocycles. The number of aliphatic imine (C=N–C) groups is 1. The molecule has 28 heavy (non-hydrogen) atoms. The highest BCUT2D eigenvalue weighted by Crippen LogP contribution is 2.28. The van der Waals surface area contributed by atoms with Gasteiger partial charge in [0.05, 0.1) is 19.7 Å². The fourth-order valence-electron chi connectivity index (χ4n) is 2.57. The molecule has 0 bridgehead atoms. The summed E-state index contributed by atoms with van der Waals surface area (Å²) in [6.45, 7) is 5.65. The quantitative estimate of drug-likeness (QED) is 0.251. The Morgan fingerprint density at radius 2 is 1.93 bits per heavy atom. The van der Waals surface area contributed by atoms with Gasteiger partial charge in [-0.1, -0.05) is 42.3 Å². The number of halogens is 1. The molecule has 6 heteroatoms. The zero-order chi connectivity index (χ0) is 19.5. The molecule has 0 aliphatic rings. The molecule has 0 fully saturated rings. The molecule has 5 nitrogen and oxygen atoms in total. The van der Waals surface area contributed by atoms with Gasteiger partial charge in [-0.3, -0.25) is 0 Å². The molecule has 150 valence electrons. The third kappa shape index (κ3) is 7.31. The Labute approximate surface area is 185 Å². The molecule has 0 radical (unpaired) electrons. The van der Waals surface area contributed by atoms with E-state index in [-0.39, 0.29) is 36.6 Å². The van der Waals surface area contributed by atoms with Crippen molar-refractivity contribution in [2.45, 2.75) is 26.4 Å². The first-order valence-electron chi connectivity index (χ1n) is 9.00. The minimum absolute atomic E-state index is 0. The smallest absolute Gasteiger partial charge is 0.192 e. The first-order chi connectivity index (χ1) is 13.2. The van der Waals surface area contributed by atoms with Crippen LogP contribution in [0.4, 0.5) is 0 Å². The van der Waals surface area contributed by atoms with E-state index in [9.17, 15) is 0 Å². The van der Waals surface area contributed by atoms with Crippen LogP contribution in [0, 0.1) is 12.3 Å². The largest absolute Gasteiger partial charge is 0.493 e. The Kier molecular flexibility index (Phi) is 10.9. The lowest BCUT2D eigenvalue weighted by Crippen LogP contribution is -2.38. The van der Waals surface area contributed by atoms with E-state index in [4.69, 9.17) is 15.9 Å². The highest BCUT2D eigenvalue weighted by atomic mass is 127. The number of methoxy groups -OCH3 is 1. The van der Waals surface area contributed by atoms with Crippen molar-refractivity contribution in [2.24, 2.45) is 4.99 Å². The number of nitrogens with zero attached hydrogens (tertiary/aromatic N) is 1. The van der Waals surface area contributed by atoms with Gasteiger partial charge in [0.1, 0.15) is 6.61 Å².